The van der Waals surface area contributed by atoms with Crippen molar-refractivity contribution in [1.82, 2.24) is 14.8 Å². The van der Waals surface area contributed by atoms with E-state index >= 15 is 0 Å². The summed E-state index contributed by atoms with van der Waals surface area (Å²) in [6.07, 6.45) is 0. The van der Waals surface area contributed by atoms with Crippen LogP contribution in [0.2, 0.25) is 0 Å². The van der Waals surface area contributed by atoms with E-state index in [1.807, 2.05) is 35.7 Å². The van der Waals surface area contributed by atoms with Gasteiger partial charge in [0.05, 0.1) is 17.9 Å². The molecular weight excluding hydrogens is 426 g/mol. The van der Waals surface area contributed by atoms with Crippen LogP contribution in [0.4, 0.5) is 5.13 Å². The lowest BCUT2D eigenvalue weighted by Crippen LogP contribution is -2.18. The van der Waals surface area contributed by atoms with E-state index in [2.05, 4.69) is 47.0 Å². The molecule has 0 aliphatic rings. The van der Waals surface area contributed by atoms with Crippen molar-refractivity contribution < 1.29 is 4.79 Å². The maximum atomic E-state index is 12.9. The minimum Gasteiger partial charge on any atom is -0.325 e. The summed E-state index contributed by atoms with van der Waals surface area (Å²) in [5.74, 6) is -0.229. The Morgan fingerprint density at radius 1 is 1.30 bits per heavy atom. The number of anilines is 1. The van der Waals surface area contributed by atoms with Gasteiger partial charge in [-0.05, 0) is 23.8 Å². The minimum absolute atomic E-state index is 0.159. The molecule has 3 N–H and O–H groups in total. The largest absolute Gasteiger partial charge is 0.325 e. The molecule has 1 aromatic carbocycles. The number of benzene rings is 1. The average Bonchev–Trinajstić information content (AvgIpc) is 3.23. The standard InChI is InChI=1S/C19H22BrN5OS/c1-19(2,3)16-8-15(17(26)23-18-22-14(9-21)11-27-18)25(24-16)10-12-4-6-13(20)7-5-12/h4-8,11H,9-10,21H2,1-3H3,(H,22,23,26). The predicted octanol–water partition coefficient (Wildman–Crippen LogP) is 4.16. The monoisotopic (exact) mass is 447 g/mol. The summed E-state index contributed by atoms with van der Waals surface area (Å²) >= 11 is 4.81. The van der Waals surface area contributed by atoms with Gasteiger partial charge in [0, 0.05) is 21.8 Å². The Hall–Kier alpha value is -2.03. The number of thiazole rings is 1. The number of aromatic nitrogens is 3. The van der Waals surface area contributed by atoms with Gasteiger partial charge in [-0.3, -0.25) is 14.8 Å². The minimum atomic E-state index is -0.229. The van der Waals surface area contributed by atoms with E-state index in [-0.39, 0.29) is 11.3 Å². The molecule has 27 heavy (non-hydrogen) atoms. The van der Waals surface area contributed by atoms with Crippen molar-refractivity contribution in [3.63, 3.8) is 0 Å². The molecule has 142 valence electrons. The fraction of sp³-hybridized carbons (Fsp3) is 0.316. The van der Waals surface area contributed by atoms with Gasteiger partial charge in [-0.1, -0.05) is 48.8 Å². The zero-order valence-corrected chi connectivity index (χ0v) is 17.9. The van der Waals surface area contributed by atoms with Gasteiger partial charge in [0.25, 0.3) is 5.91 Å². The summed E-state index contributed by atoms with van der Waals surface area (Å²) in [6.45, 7) is 7.10. The Balaban J connectivity index is 1.90. The molecule has 2 aromatic heterocycles. The third-order valence-electron chi connectivity index (χ3n) is 4.01. The molecule has 6 nitrogen and oxygen atoms in total. The SMILES string of the molecule is CC(C)(C)c1cc(C(=O)Nc2nc(CN)cs2)n(Cc2ccc(Br)cc2)n1. The Morgan fingerprint density at radius 3 is 2.59 bits per heavy atom. The van der Waals surface area contributed by atoms with E-state index in [0.717, 1.165) is 21.4 Å². The van der Waals surface area contributed by atoms with Crippen LogP contribution in [-0.4, -0.2) is 20.7 Å². The van der Waals surface area contributed by atoms with Crippen molar-refractivity contribution >= 4 is 38.3 Å². The van der Waals surface area contributed by atoms with Crippen LogP contribution in [0.25, 0.3) is 0 Å². The van der Waals surface area contributed by atoms with Crippen LogP contribution >= 0.6 is 27.3 Å². The van der Waals surface area contributed by atoms with Crippen LogP contribution < -0.4 is 11.1 Å². The molecule has 0 aliphatic carbocycles. The Bertz CT molecular complexity index is 940. The fourth-order valence-electron chi connectivity index (χ4n) is 2.47. The summed E-state index contributed by atoms with van der Waals surface area (Å²) in [5, 5.41) is 9.93. The first-order valence-corrected chi connectivity index (χ1v) is 10.2. The highest BCUT2D eigenvalue weighted by molar-refractivity contribution is 9.10. The summed E-state index contributed by atoms with van der Waals surface area (Å²) in [6, 6.07) is 9.84. The summed E-state index contributed by atoms with van der Waals surface area (Å²) in [5.41, 5.74) is 8.63. The molecule has 0 spiro atoms. The Labute approximate surface area is 170 Å². The van der Waals surface area contributed by atoms with E-state index in [9.17, 15) is 4.79 Å². The zero-order valence-electron chi connectivity index (χ0n) is 15.5. The number of carbonyl (C=O) groups is 1. The van der Waals surface area contributed by atoms with Crippen molar-refractivity contribution in [3.8, 4) is 0 Å². The van der Waals surface area contributed by atoms with Crippen LogP contribution in [0.5, 0.6) is 0 Å². The maximum absolute atomic E-state index is 12.9. The molecule has 0 aliphatic heterocycles. The second-order valence-electron chi connectivity index (χ2n) is 7.25. The molecule has 0 saturated carbocycles. The maximum Gasteiger partial charge on any atom is 0.275 e. The quantitative estimate of drug-likeness (QED) is 0.614. The first kappa shape index (κ1) is 19.7. The molecule has 0 unspecified atom stereocenters. The number of carbonyl (C=O) groups excluding carboxylic acids is 1. The molecule has 8 heteroatoms. The number of rotatable bonds is 5. The second-order valence-corrected chi connectivity index (χ2v) is 9.02. The first-order chi connectivity index (χ1) is 12.8. The normalized spacial score (nSPS) is 11.6. The molecule has 0 saturated heterocycles. The van der Waals surface area contributed by atoms with Gasteiger partial charge in [-0.25, -0.2) is 4.98 Å². The molecular formula is C19H22BrN5OS. The van der Waals surface area contributed by atoms with Gasteiger partial charge in [-0.15, -0.1) is 11.3 Å². The molecule has 0 atom stereocenters. The number of halogens is 1. The third-order valence-corrected chi connectivity index (χ3v) is 5.34. The van der Waals surface area contributed by atoms with Gasteiger partial charge in [0.15, 0.2) is 5.13 Å². The van der Waals surface area contributed by atoms with Gasteiger partial charge >= 0.3 is 0 Å². The van der Waals surface area contributed by atoms with Crippen molar-refractivity contribution in [2.45, 2.75) is 39.3 Å². The smallest absolute Gasteiger partial charge is 0.275 e. The lowest BCUT2D eigenvalue weighted by atomic mass is 9.92. The number of hydrogen-bond acceptors (Lipinski definition) is 5. The molecule has 2 heterocycles. The van der Waals surface area contributed by atoms with E-state index in [4.69, 9.17) is 10.8 Å². The van der Waals surface area contributed by atoms with Gasteiger partial charge in [0.2, 0.25) is 0 Å². The Morgan fingerprint density at radius 2 is 2.00 bits per heavy atom. The number of nitrogens with one attached hydrogen (secondary N) is 1. The van der Waals surface area contributed by atoms with E-state index in [1.165, 1.54) is 11.3 Å². The number of nitrogens with zero attached hydrogens (tertiary/aromatic N) is 3. The molecule has 3 aromatic rings. The topological polar surface area (TPSA) is 85.8 Å². The number of hydrogen-bond donors (Lipinski definition) is 2. The van der Waals surface area contributed by atoms with Crippen molar-refractivity contribution in [2.24, 2.45) is 5.73 Å². The summed E-state index contributed by atoms with van der Waals surface area (Å²) in [4.78, 5) is 17.2. The van der Waals surface area contributed by atoms with Crippen LogP contribution in [0.3, 0.4) is 0 Å². The van der Waals surface area contributed by atoms with E-state index in [1.54, 1.807) is 4.68 Å². The molecule has 3 rings (SSSR count). The molecule has 1 amide bonds. The predicted molar refractivity (Wildman–Crippen MR) is 112 cm³/mol. The summed E-state index contributed by atoms with van der Waals surface area (Å²) < 4.78 is 2.76. The van der Waals surface area contributed by atoms with Crippen molar-refractivity contribution in [1.29, 1.82) is 0 Å². The van der Waals surface area contributed by atoms with Crippen LogP contribution in [0, 0.1) is 0 Å². The highest BCUT2D eigenvalue weighted by atomic mass is 79.9. The van der Waals surface area contributed by atoms with Crippen molar-refractivity contribution in [2.75, 3.05) is 5.32 Å². The highest BCUT2D eigenvalue weighted by Crippen LogP contribution is 2.24. The highest BCUT2D eigenvalue weighted by Gasteiger charge is 2.23. The average molecular weight is 448 g/mol. The lowest BCUT2D eigenvalue weighted by Gasteiger charge is -2.14. The van der Waals surface area contributed by atoms with Gasteiger partial charge in [0.1, 0.15) is 5.69 Å². The molecule has 0 radical (unpaired) electrons. The first-order valence-electron chi connectivity index (χ1n) is 8.55. The molecule has 0 bridgehead atoms. The van der Waals surface area contributed by atoms with Gasteiger partial charge in [-0.2, -0.15) is 5.10 Å². The Kier molecular flexibility index (Phi) is 5.78. The second kappa shape index (κ2) is 7.92. The van der Waals surface area contributed by atoms with Crippen molar-refractivity contribution in [3.05, 3.63) is 62.8 Å². The van der Waals surface area contributed by atoms with Crippen LogP contribution in [0.15, 0.2) is 40.2 Å². The van der Waals surface area contributed by atoms with Gasteiger partial charge < -0.3 is 5.73 Å². The summed E-state index contributed by atoms with van der Waals surface area (Å²) in [7, 11) is 0. The number of amides is 1. The lowest BCUT2D eigenvalue weighted by molar-refractivity contribution is 0.101. The molecule has 0 fully saturated rings. The number of nitrogens with two attached hydrogens (primary N) is 1. The fourth-order valence-corrected chi connectivity index (χ4v) is 3.45. The van der Waals surface area contributed by atoms with Crippen LogP contribution in [0.1, 0.15) is 48.2 Å². The van der Waals surface area contributed by atoms with Crippen LogP contribution in [-0.2, 0) is 18.5 Å². The zero-order chi connectivity index (χ0) is 19.6. The van der Waals surface area contributed by atoms with E-state index in [0.29, 0.717) is 23.9 Å². The third kappa shape index (κ3) is 4.82. The van der Waals surface area contributed by atoms with E-state index < -0.39 is 0 Å².